The minimum atomic E-state index is -0.313. The fraction of sp³-hybridized carbons (Fsp3) is 0.0769. The fourth-order valence-corrected chi connectivity index (χ4v) is 2.03. The Balaban J connectivity index is 2.25. The molecule has 0 bridgehead atoms. The van der Waals surface area contributed by atoms with Crippen LogP contribution in [-0.2, 0) is 6.54 Å². The molecule has 19 heavy (non-hydrogen) atoms. The van der Waals surface area contributed by atoms with Crippen molar-refractivity contribution in [1.29, 1.82) is 0 Å². The zero-order chi connectivity index (χ0) is 13.8. The molecule has 1 aromatic carbocycles. The van der Waals surface area contributed by atoms with Crippen LogP contribution in [0.4, 0.5) is 5.69 Å². The summed E-state index contributed by atoms with van der Waals surface area (Å²) in [5.41, 5.74) is 6.96. The summed E-state index contributed by atoms with van der Waals surface area (Å²) in [6.45, 7) is 0.272. The van der Waals surface area contributed by atoms with Gasteiger partial charge in [-0.05, 0) is 24.3 Å². The number of para-hydroxylation sites is 1. The summed E-state index contributed by atoms with van der Waals surface area (Å²) >= 11 is 12.0. The van der Waals surface area contributed by atoms with E-state index in [1.807, 2.05) is 0 Å². The molecule has 98 valence electrons. The third kappa shape index (κ3) is 3.23. The van der Waals surface area contributed by atoms with Gasteiger partial charge in [0.05, 0.1) is 21.4 Å². The number of halogens is 2. The summed E-state index contributed by atoms with van der Waals surface area (Å²) in [6, 6.07) is 8.24. The lowest BCUT2D eigenvalue weighted by atomic mass is 10.2. The Morgan fingerprint density at radius 3 is 2.58 bits per heavy atom. The number of carbonyl (C=O) groups excluding carboxylic acids is 1. The molecule has 4 nitrogen and oxygen atoms in total. The van der Waals surface area contributed by atoms with Crippen LogP contribution in [0.2, 0.25) is 10.0 Å². The number of amides is 1. The topological polar surface area (TPSA) is 68.0 Å². The summed E-state index contributed by atoms with van der Waals surface area (Å²) in [4.78, 5) is 16.1. The van der Waals surface area contributed by atoms with Gasteiger partial charge in [0.25, 0.3) is 5.91 Å². The summed E-state index contributed by atoms with van der Waals surface area (Å²) < 4.78 is 0. The molecule has 0 saturated carbocycles. The molecule has 0 aliphatic carbocycles. The van der Waals surface area contributed by atoms with E-state index in [1.54, 1.807) is 30.3 Å². The standard InChI is InChI=1S/C13H11Cl2N3O/c14-10-2-1-3-11(15)12(10)18-13(19)8-4-5-17-9(6-8)7-16/h1-6H,7,16H2,(H,18,19). The van der Waals surface area contributed by atoms with Gasteiger partial charge >= 0.3 is 0 Å². The highest BCUT2D eigenvalue weighted by atomic mass is 35.5. The molecule has 0 unspecified atom stereocenters. The largest absolute Gasteiger partial charge is 0.325 e. The van der Waals surface area contributed by atoms with Gasteiger partial charge in [-0.25, -0.2) is 0 Å². The fourth-order valence-electron chi connectivity index (χ4n) is 1.53. The van der Waals surface area contributed by atoms with Crippen molar-refractivity contribution in [2.45, 2.75) is 6.54 Å². The number of nitrogens with two attached hydrogens (primary N) is 1. The van der Waals surface area contributed by atoms with E-state index >= 15 is 0 Å². The number of nitrogens with zero attached hydrogens (tertiary/aromatic N) is 1. The maximum atomic E-state index is 12.1. The first kappa shape index (κ1) is 13.8. The molecule has 0 radical (unpaired) electrons. The molecule has 3 N–H and O–H groups in total. The SMILES string of the molecule is NCc1cc(C(=O)Nc2c(Cl)cccc2Cl)ccn1. The minimum Gasteiger partial charge on any atom is -0.325 e. The maximum Gasteiger partial charge on any atom is 0.255 e. The van der Waals surface area contributed by atoms with E-state index < -0.39 is 0 Å². The molecule has 1 aromatic heterocycles. The minimum absolute atomic E-state index is 0.272. The van der Waals surface area contributed by atoms with Crippen LogP contribution < -0.4 is 11.1 Å². The van der Waals surface area contributed by atoms with Gasteiger partial charge in [-0.3, -0.25) is 9.78 Å². The highest BCUT2D eigenvalue weighted by Crippen LogP contribution is 2.30. The van der Waals surface area contributed by atoms with Crippen molar-refractivity contribution in [1.82, 2.24) is 4.98 Å². The van der Waals surface area contributed by atoms with Crippen molar-refractivity contribution < 1.29 is 4.79 Å². The third-order valence-corrected chi connectivity index (χ3v) is 3.12. The Morgan fingerprint density at radius 2 is 1.95 bits per heavy atom. The highest BCUT2D eigenvalue weighted by Gasteiger charge is 2.11. The molecular weight excluding hydrogens is 285 g/mol. The lowest BCUT2D eigenvalue weighted by Gasteiger charge is -2.09. The van der Waals surface area contributed by atoms with E-state index in [0.29, 0.717) is 27.0 Å². The second kappa shape index (κ2) is 6.02. The van der Waals surface area contributed by atoms with Crippen LogP contribution in [0.3, 0.4) is 0 Å². The number of carbonyl (C=O) groups is 1. The summed E-state index contributed by atoms with van der Waals surface area (Å²) in [7, 11) is 0. The van der Waals surface area contributed by atoms with Gasteiger partial charge in [-0.15, -0.1) is 0 Å². The van der Waals surface area contributed by atoms with Crippen molar-refractivity contribution in [2.75, 3.05) is 5.32 Å². The van der Waals surface area contributed by atoms with E-state index in [4.69, 9.17) is 28.9 Å². The molecule has 2 rings (SSSR count). The van der Waals surface area contributed by atoms with Gasteiger partial charge in [0.2, 0.25) is 0 Å². The Morgan fingerprint density at radius 1 is 1.26 bits per heavy atom. The van der Waals surface area contributed by atoms with Crippen molar-refractivity contribution in [3.8, 4) is 0 Å². The smallest absolute Gasteiger partial charge is 0.255 e. The average Bonchev–Trinajstić information content (AvgIpc) is 2.43. The normalized spacial score (nSPS) is 10.3. The van der Waals surface area contributed by atoms with Crippen molar-refractivity contribution in [2.24, 2.45) is 5.73 Å². The Bertz CT molecular complexity index is 596. The van der Waals surface area contributed by atoms with Crippen molar-refractivity contribution >= 4 is 34.8 Å². The number of pyridine rings is 1. The van der Waals surface area contributed by atoms with Gasteiger partial charge in [0, 0.05) is 18.3 Å². The highest BCUT2D eigenvalue weighted by molar-refractivity contribution is 6.40. The van der Waals surface area contributed by atoms with Crippen molar-refractivity contribution in [3.63, 3.8) is 0 Å². The number of hydrogen-bond acceptors (Lipinski definition) is 3. The van der Waals surface area contributed by atoms with E-state index in [9.17, 15) is 4.79 Å². The van der Waals surface area contributed by atoms with Crippen LogP contribution in [-0.4, -0.2) is 10.9 Å². The Hall–Kier alpha value is -1.62. The summed E-state index contributed by atoms with van der Waals surface area (Å²) in [5.74, 6) is -0.313. The van der Waals surface area contributed by atoms with Gasteiger partial charge < -0.3 is 11.1 Å². The van der Waals surface area contributed by atoms with Gasteiger partial charge in [-0.2, -0.15) is 0 Å². The van der Waals surface area contributed by atoms with E-state index in [1.165, 1.54) is 6.20 Å². The zero-order valence-electron chi connectivity index (χ0n) is 9.86. The molecule has 1 amide bonds. The van der Waals surface area contributed by atoms with E-state index in [0.717, 1.165) is 0 Å². The number of anilines is 1. The molecule has 0 saturated heterocycles. The molecule has 1 heterocycles. The number of benzene rings is 1. The summed E-state index contributed by atoms with van der Waals surface area (Å²) in [6.07, 6.45) is 1.53. The van der Waals surface area contributed by atoms with E-state index in [-0.39, 0.29) is 12.5 Å². The summed E-state index contributed by atoms with van der Waals surface area (Å²) in [5, 5.41) is 3.44. The number of rotatable bonds is 3. The predicted octanol–water partition coefficient (Wildman–Crippen LogP) is 3.10. The molecular formula is C13H11Cl2N3O. The molecule has 0 fully saturated rings. The molecule has 2 aromatic rings. The number of nitrogens with one attached hydrogen (secondary N) is 1. The first-order valence-corrected chi connectivity index (χ1v) is 6.28. The Labute approximate surface area is 120 Å². The molecule has 0 aliphatic heterocycles. The van der Waals surface area contributed by atoms with Crippen LogP contribution in [0.15, 0.2) is 36.5 Å². The first-order valence-electron chi connectivity index (χ1n) is 5.52. The monoisotopic (exact) mass is 295 g/mol. The van der Waals surface area contributed by atoms with Crippen LogP contribution >= 0.6 is 23.2 Å². The molecule has 0 atom stereocenters. The second-order valence-electron chi connectivity index (χ2n) is 3.79. The van der Waals surface area contributed by atoms with Gasteiger partial charge in [0.15, 0.2) is 0 Å². The van der Waals surface area contributed by atoms with Crippen LogP contribution in [0.1, 0.15) is 16.1 Å². The van der Waals surface area contributed by atoms with Crippen LogP contribution in [0.25, 0.3) is 0 Å². The number of hydrogen-bond donors (Lipinski definition) is 2. The lowest BCUT2D eigenvalue weighted by Crippen LogP contribution is -2.13. The zero-order valence-corrected chi connectivity index (χ0v) is 11.4. The van der Waals surface area contributed by atoms with Crippen molar-refractivity contribution in [3.05, 3.63) is 57.8 Å². The van der Waals surface area contributed by atoms with Crippen LogP contribution in [0, 0.1) is 0 Å². The number of aromatic nitrogens is 1. The second-order valence-corrected chi connectivity index (χ2v) is 4.61. The third-order valence-electron chi connectivity index (χ3n) is 2.49. The Kier molecular flexibility index (Phi) is 4.37. The first-order chi connectivity index (χ1) is 9.11. The average molecular weight is 296 g/mol. The van der Waals surface area contributed by atoms with Gasteiger partial charge in [0.1, 0.15) is 0 Å². The molecule has 6 heteroatoms. The predicted molar refractivity (Wildman–Crippen MR) is 76.5 cm³/mol. The van der Waals surface area contributed by atoms with Crippen LogP contribution in [0.5, 0.6) is 0 Å². The molecule has 0 spiro atoms. The molecule has 0 aliphatic rings. The quantitative estimate of drug-likeness (QED) is 0.914. The van der Waals surface area contributed by atoms with E-state index in [2.05, 4.69) is 10.3 Å². The maximum absolute atomic E-state index is 12.1. The lowest BCUT2D eigenvalue weighted by molar-refractivity contribution is 0.102. The van der Waals surface area contributed by atoms with Gasteiger partial charge in [-0.1, -0.05) is 29.3 Å².